The van der Waals surface area contributed by atoms with Crippen LogP contribution < -0.4 is 14.8 Å². The molecule has 148 valence electrons. The standard InChI is InChI=1S/C20H20N6O2S/c1-12-14(10-25(3)23-12)9-21-20-22-13(2)19(29-20)16-6-7-26(24-16)15-4-5-17-18(8-15)28-11-27-17/h4-8,10H,9,11H2,1-3H3,(H,21,22). The summed E-state index contributed by atoms with van der Waals surface area (Å²) in [4.78, 5) is 5.71. The fourth-order valence-corrected chi connectivity index (χ4v) is 4.25. The number of ether oxygens (including phenoxy) is 2. The molecule has 0 unspecified atom stereocenters. The summed E-state index contributed by atoms with van der Waals surface area (Å²) in [5.74, 6) is 1.50. The molecule has 8 nitrogen and oxygen atoms in total. The van der Waals surface area contributed by atoms with Crippen molar-refractivity contribution in [3.63, 3.8) is 0 Å². The zero-order chi connectivity index (χ0) is 20.0. The van der Waals surface area contributed by atoms with Crippen LogP contribution in [-0.2, 0) is 13.6 Å². The van der Waals surface area contributed by atoms with Crippen molar-refractivity contribution in [1.29, 1.82) is 0 Å². The lowest BCUT2D eigenvalue weighted by atomic mass is 10.3. The minimum Gasteiger partial charge on any atom is -0.454 e. The number of hydrogen-bond donors (Lipinski definition) is 1. The summed E-state index contributed by atoms with van der Waals surface area (Å²) in [5, 5.41) is 13.4. The van der Waals surface area contributed by atoms with E-state index in [0.717, 1.165) is 49.8 Å². The van der Waals surface area contributed by atoms with Crippen LogP contribution in [0.4, 0.5) is 5.13 Å². The SMILES string of the molecule is Cc1nn(C)cc1CNc1nc(C)c(-c2ccn(-c3ccc4c(c3)OCO4)n2)s1. The number of fused-ring (bicyclic) bond motifs is 1. The van der Waals surface area contributed by atoms with Gasteiger partial charge in [0.2, 0.25) is 6.79 Å². The fourth-order valence-electron chi connectivity index (χ4n) is 3.32. The van der Waals surface area contributed by atoms with E-state index in [1.54, 1.807) is 11.3 Å². The summed E-state index contributed by atoms with van der Waals surface area (Å²) in [7, 11) is 1.93. The Morgan fingerprint density at radius 3 is 2.79 bits per heavy atom. The van der Waals surface area contributed by atoms with Crippen molar-refractivity contribution in [2.24, 2.45) is 7.05 Å². The molecular formula is C20H20N6O2S. The molecule has 9 heteroatoms. The molecule has 1 aliphatic heterocycles. The molecule has 0 bridgehead atoms. The van der Waals surface area contributed by atoms with Gasteiger partial charge in [-0.15, -0.1) is 0 Å². The molecule has 3 aromatic heterocycles. The molecule has 4 heterocycles. The highest BCUT2D eigenvalue weighted by molar-refractivity contribution is 7.19. The summed E-state index contributed by atoms with van der Waals surface area (Å²) in [6.07, 6.45) is 3.97. The maximum atomic E-state index is 5.46. The number of hydrogen-bond acceptors (Lipinski definition) is 7. The van der Waals surface area contributed by atoms with Gasteiger partial charge in [-0.25, -0.2) is 9.67 Å². The highest BCUT2D eigenvalue weighted by Crippen LogP contribution is 2.35. The summed E-state index contributed by atoms with van der Waals surface area (Å²) in [6, 6.07) is 7.80. The lowest BCUT2D eigenvalue weighted by Gasteiger charge is -2.02. The predicted octanol–water partition coefficient (Wildman–Crippen LogP) is 3.69. The molecule has 0 amide bonds. The van der Waals surface area contributed by atoms with E-state index in [-0.39, 0.29) is 6.79 Å². The highest BCUT2D eigenvalue weighted by atomic mass is 32.1. The van der Waals surface area contributed by atoms with E-state index in [9.17, 15) is 0 Å². The molecule has 0 saturated carbocycles. The van der Waals surface area contributed by atoms with Crippen molar-refractivity contribution in [3.05, 3.63) is 53.6 Å². The van der Waals surface area contributed by atoms with Crippen LogP contribution in [0, 0.1) is 13.8 Å². The minimum absolute atomic E-state index is 0.261. The van der Waals surface area contributed by atoms with Gasteiger partial charge < -0.3 is 14.8 Å². The topological polar surface area (TPSA) is 79.0 Å². The molecular weight excluding hydrogens is 388 g/mol. The van der Waals surface area contributed by atoms with Gasteiger partial charge in [-0.3, -0.25) is 4.68 Å². The summed E-state index contributed by atoms with van der Waals surface area (Å²) in [6.45, 7) is 4.97. The third-order valence-corrected chi connectivity index (χ3v) is 5.92. The second kappa shape index (κ2) is 6.93. The van der Waals surface area contributed by atoms with Gasteiger partial charge in [-0.1, -0.05) is 11.3 Å². The van der Waals surface area contributed by atoms with Gasteiger partial charge in [0.25, 0.3) is 0 Å². The third-order valence-electron chi connectivity index (χ3n) is 4.78. The van der Waals surface area contributed by atoms with Gasteiger partial charge in [0.05, 0.1) is 22.0 Å². The molecule has 4 aromatic rings. The number of aromatic nitrogens is 5. The Kier molecular flexibility index (Phi) is 4.24. The molecule has 0 aliphatic carbocycles. The summed E-state index contributed by atoms with van der Waals surface area (Å²) >= 11 is 1.60. The van der Waals surface area contributed by atoms with E-state index in [1.165, 1.54) is 0 Å². The van der Waals surface area contributed by atoms with Crippen LogP contribution in [0.5, 0.6) is 11.5 Å². The number of aryl methyl sites for hydroxylation is 3. The van der Waals surface area contributed by atoms with Crippen molar-refractivity contribution in [2.75, 3.05) is 12.1 Å². The quantitative estimate of drug-likeness (QED) is 0.543. The van der Waals surface area contributed by atoms with Crippen LogP contribution in [0.25, 0.3) is 16.3 Å². The number of thiazole rings is 1. The number of rotatable bonds is 5. The van der Waals surface area contributed by atoms with Gasteiger partial charge in [0.15, 0.2) is 16.6 Å². The Labute approximate surface area is 171 Å². The largest absolute Gasteiger partial charge is 0.454 e. The fraction of sp³-hybridized carbons (Fsp3) is 0.250. The molecule has 5 rings (SSSR count). The molecule has 1 N–H and O–H groups in total. The molecule has 0 atom stereocenters. The Hall–Kier alpha value is -3.33. The maximum Gasteiger partial charge on any atom is 0.231 e. The van der Waals surface area contributed by atoms with E-state index in [2.05, 4.69) is 15.4 Å². The average Bonchev–Trinajstić information content (AvgIpc) is 3.46. The van der Waals surface area contributed by atoms with E-state index >= 15 is 0 Å². The number of benzene rings is 1. The second-order valence-electron chi connectivity index (χ2n) is 6.88. The van der Waals surface area contributed by atoms with Gasteiger partial charge in [-0.05, 0) is 32.0 Å². The molecule has 1 aromatic carbocycles. The predicted molar refractivity (Wildman–Crippen MR) is 111 cm³/mol. The molecule has 0 radical (unpaired) electrons. The van der Waals surface area contributed by atoms with E-state index in [4.69, 9.17) is 14.6 Å². The lowest BCUT2D eigenvalue weighted by molar-refractivity contribution is 0.174. The zero-order valence-electron chi connectivity index (χ0n) is 16.3. The van der Waals surface area contributed by atoms with Crippen molar-refractivity contribution in [1.82, 2.24) is 24.5 Å². The average molecular weight is 408 g/mol. The second-order valence-corrected chi connectivity index (χ2v) is 7.88. The number of anilines is 1. The number of nitrogens with zero attached hydrogens (tertiary/aromatic N) is 5. The zero-order valence-corrected chi connectivity index (χ0v) is 17.2. The van der Waals surface area contributed by atoms with E-state index in [1.807, 2.05) is 66.9 Å². The summed E-state index contributed by atoms with van der Waals surface area (Å²) < 4.78 is 14.5. The van der Waals surface area contributed by atoms with Crippen LogP contribution >= 0.6 is 11.3 Å². The van der Waals surface area contributed by atoms with Gasteiger partial charge in [-0.2, -0.15) is 10.2 Å². The lowest BCUT2D eigenvalue weighted by Crippen LogP contribution is -1.99. The van der Waals surface area contributed by atoms with Gasteiger partial charge in [0.1, 0.15) is 5.69 Å². The van der Waals surface area contributed by atoms with Crippen LogP contribution in [0.1, 0.15) is 17.0 Å². The molecule has 1 aliphatic rings. The van der Waals surface area contributed by atoms with Gasteiger partial charge >= 0.3 is 0 Å². The third kappa shape index (κ3) is 3.33. The minimum atomic E-state index is 0.261. The summed E-state index contributed by atoms with van der Waals surface area (Å²) in [5.41, 5.74) is 4.96. The highest BCUT2D eigenvalue weighted by Gasteiger charge is 2.16. The smallest absolute Gasteiger partial charge is 0.231 e. The monoisotopic (exact) mass is 408 g/mol. The first kappa shape index (κ1) is 17.7. The molecule has 29 heavy (non-hydrogen) atoms. The number of nitrogens with one attached hydrogen (secondary N) is 1. The van der Waals surface area contributed by atoms with Crippen molar-refractivity contribution in [3.8, 4) is 27.8 Å². The molecule has 0 spiro atoms. The van der Waals surface area contributed by atoms with E-state index in [0.29, 0.717) is 6.54 Å². The van der Waals surface area contributed by atoms with Crippen molar-refractivity contribution < 1.29 is 9.47 Å². The molecule has 0 fully saturated rings. The first-order valence-electron chi connectivity index (χ1n) is 9.23. The van der Waals surface area contributed by atoms with Gasteiger partial charge in [0, 0.05) is 37.6 Å². The first-order valence-corrected chi connectivity index (χ1v) is 10.0. The Morgan fingerprint density at radius 1 is 1.10 bits per heavy atom. The Balaban J connectivity index is 1.36. The van der Waals surface area contributed by atoms with Crippen LogP contribution in [0.15, 0.2) is 36.7 Å². The van der Waals surface area contributed by atoms with Crippen LogP contribution in [0.3, 0.4) is 0 Å². The maximum absolute atomic E-state index is 5.46. The van der Waals surface area contributed by atoms with Crippen LogP contribution in [-0.4, -0.2) is 31.3 Å². The molecule has 0 saturated heterocycles. The van der Waals surface area contributed by atoms with Crippen molar-refractivity contribution >= 4 is 16.5 Å². The van der Waals surface area contributed by atoms with Crippen LogP contribution in [0.2, 0.25) is 0 Å². The Bertz CT molecular complexity index is 1190. The normalized spacial score (nSPS) is 12.5. The first-order chi connectivity index (χ1) is 14.1. The van der Waals surface area contributed by atoms with Crippen molar-refractivity contribution in [2.45, 2.75) is 20.4 Å². The Morgan fingerprint density at radius 2 is 1.97 bits per heavy atom. The van der Waals surface area contributed by atoms with E-state index < -0.39 is 0 Å².